The van der Waals surface area contributed by atoms with Crippen molar-refractivity contribution >= 4 is 0 Å². The van der Waals surface area contributed by atoms with Crippen molar-refractivity contribution in [2.24, 2.45) is 104 Å². The van der Waals surface area contributed by atoms with Crippen LogP contribution in [0.3, 0.4) is 0 Å². The molecule has 0 aliphatic heterocycles. The standard InChI is InChI=1S/C8H13F3.C8H16.C7H16.C6H8F6.2C6H11F3.2C6H12F2.C6H13F.3C6H14.C5H10F2.C5H11F/c1-5-3-6(2)7(4-5)8(9,10)11;1-6-4-5-7(2)8(6)3;1-5-6-7(2,3)4;1-3-4(2,5(7,8)9)6(10,11)12;1-4-5(2,3)6(7,8)9;1-3-4-5(2)6(7,8)9;1-4-6(7,8)5(2)3;1-3-4-5(2)6(7)8;1-3-4-6(2)5-7;2*1-5-6(2,3)4;1-4-5-6(2)3;1-3-4(2)5(6)7;1-3-5(2)4-6/h5-7H,3-4H2,1-2H3;6-8H,4-5H2,1-3H3;5-6H2,1-4H3;3H2,1-2H3;4H2,1-3H3;5H,3-4H2,1-2H3;5H,4H2,1-3H3;5-6H,3-4H2,1-2H3;6H,3-5H2,1-2H3;2*5H2,1-4H3;6H,4-5H2,1-3H3;4-5H,3H2,1-2H3;5H,3-4H2,1-2H3/t5-,6?,7?;;;;;;;;;;;;;/m0............./s1. The Bertz CT molecular complexity index is 1840. The van der Waals surface area contributed by atoms with Crippen LogP contribution in [0.25, 0.3) is 0 Å². The molecule has 2 aliphatic carbocycles. The van der Waals surface area contributed by atoms with Crippen molar-refractivity contribution in [3.05, 3.63) is 0 Å². The Hall–Kier alpha value is -1.61. The molecule has 2 saturated carbocycles. The van der Waals surface area contributed by atoms with Crippen molar-refractivity contribution in [1.29, 1.82) is 0 Å². The quantitative estimate of drug-likeness (QED) is 0.113. The summed E-state index contributed by atoms with van der Waals surface area (Å²) in [7, 11) is 0. The zero-order valence-electron chi connectivity index (χ0n) is 77.1. The molecule has 0 amide bonds. The van der Waals surface area contributed by atoms with Gasteiger partial charge in [-0.1, -0.05) is 327 Å². The van der Waals surface area contributed by atoms with Gasteiger partial charge in [-0.05, 0) is 128 Å². The van der Waals surface area contributed by atoms with Crippen molar-refractivity contribution in [3.63, 3.8) is 0 Å². The van der Waals surface area contributed by atoms with Crippen LogP contribution in [0.2, 0.25) is 0 Å². The van der Waals surface area contributed by atoms with Crippen molar-refractivity contribution in [2.45, 2.75) is 448 Å². The zero-order chi connectivity index (χ0) is 91.4. The third-order valence-corrected chi connectivity index (χ3v) is 19.9. The lowest BCUT2D eigenvalue weighted by Gasteiger charge is -2.32. The molecule has 0 N–H and O–H groups in total. The predicted octanol–water partition coefficient (Wildman–Crippen LogP) is 37.6. The van der Waals surface area contributed by atoms with E-state index in [0.717, 1.165) is 62.7 Å². The molecule has 0 nitrogen and oxygen atoms in total. The summed E-state index contributed by atoms with van der Waals surface area (Å²) in [5.41, 5.74) is -3.47. The normalized spacial score (nSPS) is 18.7. The molecule has 0 aromatic heterocycles. The van der Waals surface area contributed by atoms with Gasteiger partial charge < -0.3 is 0 Å². The molecule has 2 aliphatic rings. The van der Waals surface area contributed by atoms with Crippen LogP contribution in [0.15, 0.2) is 0 Å². The Kier molecular flexibility index (Phi) is 84.8. The summed E-state index contributed by atoms with van der Waals surface area (Å²) in [5.74, 6) is -1.52. The molecule has 0 saturated heterocycles. The first-order valence-electron chi connectivity index (χ1n) is 41.3. The predicted molar refractivity (Wildman–Crippen MR) is 429 cm³/mol. The number of alkyl halides is 23. The van der Waals surface area contributed by atoms with Gasteiger partial charge in [-0.15, -0.1) is 0 Å². The maximum Gasteiger partial charge on any atom is 0.402 e. The second-order valence-corrected chi connectivity index (χ2v) is 35.9. The molecule has 10 atom stereocenters. The van der Waals surface area contributed by atoms with Gasteiger partial charge in [0.15, 0.2) is 5.41 Å². The van der Waals surface area contributed by atoms with Gasteiger partial charge in [0.2, 0.25) is 18.8 Å². The minimum absolute atomic E-state index is 0.0509. The average Bonchev–Trinajstić information content (AvgIpc) is 0.926. The minimum atomic E-state index is -5.24. The molecule has 0 aromatic carbocycles. The molecule has 0 spiro atoms. The van der Waals surface area contributed by atoms with Gasteiger partial charge in [0.05, 0.1) is 30.6 Å². The Morgan fingerprint density at radius 1 is 0.355 bits per heavy atom. The van der Waals surface area contributed by atoms with Crippen molar-refractivity contribution in [2.75, 3.05) is 13.3 Å². The molecule has 23 heteroatoms. The van der Waals surface area contributed by atoms with Crippen LogP contribution >= 0.6 is 0 Å². The van der Waals surface area contributed by atoms with E-state index in [1.807, 2.05) is 34.6 Å². The third-order valence-electron chi connectivity index (χ3n) is 19.9. The fourth-order valence-electron chi connectivity index (χ4n) is 8.16. The molecular formula is C87H175F23. The van der Waals surface area contributed by atoms with E-state index in [2.05, 4.69) is 132 Å². The van der Waals surface area contributed by atoms with Gasteiger partial charge >= 0.3 is 30.9 Å². The summed E-state index contributed by atoms with van der Waals surface area (Å²) >= 11 is 0. The summed E-state index contributed by atoms with van der Waals surface area (Å²) in [6.07, 6.45) is -9.82. The summed E-state index contributed by atoms with van der Waals surface area (Å²) in [6.45, 7) is 71.2. The van der Waals surface area contributed by atoms with Crippen molar-refractivity contribution in [1.82, 2.24) is 0 Å². The molecule has 0 aromatic rings. The van der Waals surface area contributed by atoms with Crippen LogP contribution in [0.1, 0.15) is 398 Å². The van der Waals surface area contributed by atoms with Gasteiger partial charge in [0.1, 0.15) is 0 Å². The Morgan fingerprint density at radius 3 is 0.755 bits per heavy atom. The van der Waals surface area contributed by atoms with Crippen molar-refractivity contribution in [3.8, 4) is 0 Å². The van der Waals surface area contributed by atoms with Crippen LogP contribution < -0.4 is 0 Å². The fourth-order valence-corrected chi connectivity index (χ4v) is 8.16. The van der Waals surface area contributed by atoms with E-state index >= 15 is 0 Å². The SMILES string of the molecule is CC1CCC(C)C1C.CC1C[C@H](C)CC1C(F)(F)F.CCC(C)(C(F)(F)F)C(F)(F)F.CCC(C)(C)C.CCC(C)(C)C.CCC(C)(C)C(F)(F)F.CCC(C)C(F)F.CCC(C)CF.CCC(F)(F)C(C)C.CCCC(C)(C)C.CCCC(C)C.CCCC(C)C(F)(F)F.CCCC(C)C(F)F.CCCC(C)CF. The lowest BCUT2D eigenvalue weighted by atomic mass is 9.86. The number of rotatable bonds is 19. The average molecular weight is 1660 g/mol. The first-order valence-corrected chi connectivity index (χ1v) is 41.3. The molecule has 2 rings (SSSR count). The van der Waals surface area contributed by atoms with Crippen LogP contribution in [-0.2, 0) is 0 Å². The first-order chi connectivity index (χ1) is 48.9. The summed E-state index contributed by atoms with van der Waals surface area (Å²) in [5, 5.41) is 0. The topological polar surface area (TPSA) is 0 Å². The molecule has 9 unspecified atom stereocenters. The Balaban J connectivity index is -0.0000000945. The summed E-state index contributed by atoms with van der Waals surface area (Å²) < 4.78 is 272. The van der Waals surface area contributed by atoms with E-state index in [0.29, 0.717) is 41.9 Å². The van der Waals surface area contributed by atoms with Gasteiger partial charge in [-0.25, -0.2) is 26.3 Å². The second kappa shape index (κ2) is 69.4. The highest BCUT2D eigenvalue weighted by molar-refractivity contribution is 4.88. The van der Waals surface area contributed by atoms with Gasteiger partial charge in [-0.2, -0.15) is 65.9 Å². The maximum atomic E-state index is 12.3. The highest BCUT2D eigenvalue weighted by atomic mass is 19.4. The van der Waals surface area contributed by atoms with Crippen LogP contribution in [0, 0.1) is 104 Å². The smallest absolute Gasteiger partial charge is 0.251 e. The molecule has 2 fully saturated rings. The largest absolute Gasteiger partial charge is 0.402 e. The number of hydrogen-bond donors (Lipinski definition) is 0. The van der Waals surface area contributed by atoms with E-state index in [9.17, 15) is 101 Å². The lowest BCUT2D eigenvalue weighted by Crippen LogP contribution is -2.47. The Morgan fingerprint density at radius 2 is 0.700 bits per heavy atom. The highest BCUT2D eigenvalue weighted by Crippen LogP contribution is 2.52. The highest BCUT2D eigenvalue weighted by Gasteiger charge is 2.66. The number of halogens is 23. The monoisotopic (exact) mass is 1660 g/mol. The van der Waals surface area contributed by atoms with Gasteiger partial charge in [0, 0.05) is 24.2 Å². The second-order valence-electron chi connectivity index (χ2n) is 35.9. The van der Waals surface area contributed by atoms with Crippen LogP contribution in [-0.4, -0.2) is 63.0 Å². The molecule has 684 valence electrons. The molecular weight excluding hydrogens is 1480 g/mol. The Labute approximate surface area is 663 Å². The van der Waals surface area contributed by atoms with E-state index in [4.69, 9.17) is 0 Å². The van der Waals surface area contributed by atoms with E-state index in [-0.39, 0.29) is 63.2 Å². The lowest BCUT2D eigenvalue weighted by molar-refractivity contribution is -0.335. The maximum absolute atomic E-state index is 12.3. The number of hydrogen-bond acceptors (Lipinski definition) is 0. The first kappa shape index (κ1) is 135. The van der Waals surface area contributed by atoms with Crippen LogP contribution in [0.5, 0.6) is 0 Å². The summed E-state index contributed by atoms with van der Waals surface area (Å²) in [4.78, 5) is 0. The fraction of sp³-hybridized carbons (Fsp3) is 1.00. The van der Waals surface area contributed by atoms with Crippen molar-refractivity contribution < 1.29 is 101 Å². The minimum Gasteiger partial charge on any atom is -0.251 e. The molecule has 0 heterocycles. The van der Waals surface area contributed by atoms with E-state index in [1.54, 1.807) is 34.6 Å². The molecule has 0 bridgehead atoms. The van der Waals surface area contributed by atoms with Crippen LogP contribution in [0.4, 0.5) is 101 Å². The third kappa shape index (κ3) is 88.7. The molecule has 110 heavy (non-hydrogen) atoms. The van der Waals surface area contributed by atoms with E-state index < -0.39 is 96.5 Å². The van der Waals surface area contributed by atoms with Gasteiger partial charge in [0.25, 0.3) is 0 Å². The van der Waals surface area contributed by atoms with E-state index in [1.165, 1.54) is 99.8 Å². The molecule has 0 radical (unpaired) electrons. The van der Waals surface area contributed by atoms with Gasteiger partial charge in [-0.3, -0.25) is 8.78 Å². The summed E-state index contributed by atoms with van der Waals surface area (Å²) in [6, 6.07) is 0. The zero-order valence-corrected chi connectivity index (χ0v) is 77.1.